The van der Waals surface area contributed by atoms with Crippen LogP contribution in [0.3, 0.4) is 0 Å². The van der Waals surface area contributed by atoms with Crippen LogP contribution in [0.5, 0.6) is 0 Å². The number of likely N-dealkylation sites (tertiary alicyclic amines) is 1. The van der Waals surface area contributed by atoms with E-state index >= 15 is 0 Å². The van der Waals surface area contributed by atoms with E-state index in [0.717, 1.165) is 24.9 Å². The molecule has 1 aliphatic rings. The van der Waals surface area contributed by atoms with Gasteiger partial charge in [-0.1, -0.05) is 30.3 Å². The second-order valence-electron chi connectivity index (χ2n) is 4.44. The molecule has 1 amide bonds. The molecule has 0 saturated carbocycles. The molecule has 1 aromatic rings. The van der Waals surface area contributed by atoms with Gasteiger partial charge in [0.15, 0.2) is 0 Å². The van der Waals surface area contributed by atoms with Crippen molar-refractivity contribution < 1.29 is 4.79 Å². The lowest BCUT2D eigenvalue weighted by molar-refractivity contribution is -0.129. The number of hydrogen-bond acceptors (Lipinski definition) is 2. The normalized spacial score (nSPS) is 20.9. The molecule has 2 atom stereocenters. The summed E-state index contributed by atoms with van der Waals surface area (Å²) in [5.41, 5.74) is 1.01. The average Bonchev–Trinajstić information content (AvgIpc) is 2.81. The molecule has 0 aromatic heterocycles. The molecule has 17 heavy (non-hydrogen) atoms. The molecule has 88 valence electrons. The lowest BCUT2D eigenvalue weighted by atomic mass is 9.91. The molecule has 0 spiro atoms. The van der Waals surface area contributed by atoms with E-state index in [1.807, 2.05) is 35.2 Å². The van der Waals surface area contributed by atoms with Crippen LogP contribution in [0.15, 0.2) is 30.3 Å². The summed E-state index contributed by atoms with van der Waals surface area (Å²) >= 11 is 0. The highest BCUT2D eigenvalue weighted by molar-refractivity contribution is 5.74. The summed E-state index contributed by atoms with van der Waals surface area (Å²) in [5.74, 6) is -0.133. The summed E-state index contributed by atoms with van der Waals surface area (Å²) in [4.78, 5) is 13.4. The highest BCUT2D eigenvalue weighted by Crippen LogP contribution is 2.30. The smallest absolute Gasteiger partial charge is 0.219 e. The Morgan fingerprint density at radius 1 is 1.47 bits per heavy atom. The quantitative estimate of drug-likeness (QED) is 0.779. The molecular formula is C14H16N2O. The lowest BCUT2D eigenvalue weighted by Gasteiger charge is -2.27. The van der Waals surface area contributed by atoms with Gasteiger partial charge in [-0.25, -0.2) is 0 Å². The highest BCUT2D eigenvalue weighted by Gasteiger charge is 2.34. The third kappa shape index (κ3) is 2.31. The van der Waals surface area contributed by atoms with Crippen molar-refractivity contribution in [3.8, 4) is 6.07 Å². The molecule has 1 aromatic carbocycles. The molecule has 3 nitrogen and oxygen atoms in total. The summed E-state index contributed by atoms with van der Waals surface area (Å²) in [7, 11) is 0. The van der Waals surface area contributed by atoms with Crippen LogP contribution in [-0.4, -0.2) is 23.4 Å². The molecule has 2 rings (SSSR count). The Morgan fingerprint density at radius 2 is 2.18 bits per heavy atom. The zero-order valence-electron chi connectivity index (χ0n) is 9.97. The fourth-order valence-electron chi connectivity index (χ4n) is 2.57. The molecular weight excluding hydrogens is 212 g/mol. The summed E-state index contributed by atoms with van der Waals surface area (Å²) in [6, 6.07) is 12.1. The molecule has 1 saturated heterocycles. The van der Waals surface area contributed by atoms with Crippen LogP contribution in [-0.2, 0) is 4.79 Å². The third-order valence-electron chi connectivity index (χ3n) is 3.39. The fourth-order valence-corrected chi connectivity index (χ4v) is 2.57. The van der Waals surface area contributed by atoms with Crippen LogP contribution >= 0.6 is 0 Å². The van der Waals surface area contributed by atoms with Gasteiger partial charge in [0.25, 0.3) is 0 Å². The second-order valence-corrected chi connectivity index (χ2v) is 4.44. The Labute approximate surface area is 102 Å². The minimum absolute atomic E-state index is 0.0416. The molecule has 0 bridgehead atoms. The fraction of sp³-hybridized carbons (Fsp3) is 0.429. The minimum Gasteiger partial charge on any atom is -0.338 e. The first-order valence-corrected chi connectivity index (χ1v) is 5.96. The number of carbonyl (C=O) groups excluding carboxylic acids is 1. The van der Waals surface area contributed by atoms with Gasteiger partial charge in [0.2, 0.25) is 5.91 Å². The van der Waals surface area contributed by atoms with Crippen LogP contribution in [0.1, 0.15) is 31.2 Å². The number of carbonyl (C=O) groups is 1. The number of nitriles is 1. The lowest BCUT2D eigenvalue weighted by Crippen LogP contribution is -2.37. The first-order valence-electron chi connectivity index (χ1n) is 5.96. The van der Waals surface area contributed by atoms with Crippen molar-refractivity contribution >= 4 is 5.91 Å². The Bertz CT molecular complexity index is 435. The van der Waals surface area contributed by atoms with Gasteiger partial charge in [-0.2, -0.15) is 5.26 Å². The van der Waals surface area contributed by atoms with Gasteiger partial charge in [-0.3, -0.25) is 4.79 Å². The largest absolute Gasteiger partial charge is 0.338 e. The predicted octanol–water partition coefficient (Wildman–Crippen LogP) is 2.30. The molecule has 1 fully saturated rings. The van der Waals surface area contributed by atoms with Crippen LogP contribution in [0.2, 0.25) is 0 Å². The van der Waals surface area contributed by atoms with E-state index in [1.165, 1.54) is 0 Å². The average molecular weight is 228 g/mol. The Morgan fingerprint density at radius 3 is 2.76 bits per heavy atom. The van der Waals surface area contributed by atoms with E-state index in [4.69, 9.17) is 0 Å². The van der Waals surface area contributed by atoms with Gasteiger partial charge in [-0.05, 0) is 18.4 Å². The molecule has 3 heteroatoms. The first kappa shape index (κ1) is 11.7. The van der Waals surface area contributed by atoms with E-state index in [0.29, 0.717) is 0 Å². The molecule has 0 aliphatic carbocycles. The topological polar surface area (TPSA) is 44.1 Å². The van der Waals surface area contributed by atoms with Gasteiger partial charge in [0.1, 0.15) is 0 Å². The molecule has 1 heterocycles. The van der Waals surface area contributed by atoms with E-state index in [9.17, 15) is 10.1 Å². The number of amides is 1. The van der Waals surface area contributed by atoms with Crippen molar-refractivity contribution in [1.29, 1.82) is 5.26 Å². The molecule has 2 unspecified atom stereocenters. The van der Waals surface area contributed by atoms with Gasteiger partial charge in [0.05, 0.1) is 18.0 Å². The summed E-state index contributed by atoms with van der Waals surface area (Å²) in [6.07, 6.45) is 1.92. The van der Waals surface area contributed by atoms with Crippen molar-refractivity contribution in [2.24, 2.45) is 0 Å². The number of nitrogens with zero attached hydrogens (tertiary/aromatic N) is 2. The van der Waals surface area contributed by atoms with Crippen molar-refractivity contribution in [1.82, 2.24) is 4.90 Å². The SMILES string of the molecule is CC(=O)N1CCCC1C(C#N)c1ccccc1. The minimum atomic E-state index is -0.206. The van der Waals surface area contributed by atoms with Gasteiger partial charge in [0, 0.05) is 13.5 Å². The molecule has 1 aliphatic heterocycles. The summed E-state index contributed by atoms with van der Waals surface area (Å²) in [5, 5.41) is 9.35. The standard InChI is InChI=1S/C14H16N2O/c1-11(17)16-9-5-8-14(16)13(10-15)12-6-3-2-4-7-12/h2-4,6-7,13-14H,5,8-9H2,1H3. The Balaban J connectivity index is 2.25. The van der Waals surface area contributed by atoms with Gasteiger partial charge in [-0.15, -0.1) is 0 Å². The van der Waals surface area contributed by atoms with Crippen molar-refractivity contribution in [2.75, 3.05) is 6.54 Å². The number of benzene rings is 1. The van der Waals surface area contributed by atoms with Crippen LogP contribution < -0.4 is 0 Å². The Hall–Kier alpha value is -1.82. The van der Waals surface area contributed by atoms with E-state index in [2.05, 4.69) is 6.07 Å². The number of hydrogen-bond donors (Lipinski definition) is 0. The van der Waals surface area contributed by atoms with Crippen molar-refractivity contribution in [3.63, 3.8) is 0 Å². The zero-order valence-corrected chi connectivity index (χ0v) is 9.97. The molecule has 0 radical (unpaired) electrons. The van der Waals surface area contributed by atoms with Crippen LogP contribution in [0, 0.1) is 11.3 Å². The Kier molecular flexibility index (Phi) is 3.43. The van der Waals surface area contributed by atoms with E-state index in [1.54, 1.807) is 6.92 Å². The predicted molar refractivity (Wildman–Crippen MR) is 65.2 cm³/mol. The summed E-state index contributed by atoms with van der Waals surface area (Å²) in [6.45, 7) is 2.36. The summed E-state index contributed by atoms with van der Waals surface area (Å²) < 4.78 is 0. The van der Waals surface area contributed by atoms with E-state index < -0.39 is 0 Å². The maximum absolute atomic E-state index is 11.5. The van der Waals surface area contributed by atoms with E-state index in [-0.39, 0.29) is 17.9 Å². The maximum atomic E-state index is 11.5. The van der Waals surface area contributed by atoms with Gasteiger partial charge >= 0.3 is 0 Å². The van der Waals surface area contributed by atoms with Crippen LogP contribution in [0.4, 0.5) is 0 Å². The number of rotatable bonds is 2. The molecule has 0 N–H and O–H groups in total. The zero-order chi connectivity index (χ0) is 12.3. The van der Waals surface area contributed by atoms with Gasteiger partial charge < -0.3 is 4.90 Å². The first-order chi connectivity index (χ1) is 8.24. The van der Waals surface area contributed by atoms with Crippen molar-refractivity contribution in [2.45, 2.75) is 31.7 Å². The third-order valence-corrected chi connectivity index (χ3v) is 3.39. The maximum Gasteiger partial charge on any atom is 0.219 e. The highest BCUT2D eigenvalue weighted by atomic mass is 16.2. The van der Waals surface area contributed by atoms with Crippen molar-refractivity contribution in [3.05, 3.63) is 35.9 Å². The van der Waals surface area contributed by atoms with Crippen LogP contribution in [0.25, 0.3) is 0 Å². The second kappa shape index (κ2) is 5.01. The monoisotopic (exact) mass is 228 g/mol.